The monoisotopic (exact) mass is 183 g/mol. The van der Waals surface area contributed by atoms with Gasteiger partial charge in [-0.3, -0.25) is 4.79 Å². The molecule has 0 aromatic carbocycles. The molecule has 0 saturated carbocycles. The van der Waals surface area contributed by atoms with Gasteiger partial charge in [0.15, 0.2) is 0 Å². The maximum atomic E-state index is 10.6. The Morgan fingerprint density at radius 3 is 3.25 bits per heavy atom. The largest absolute Gasteiger partial charge is 0.480 e. The van der Waals surface area contributed by atoms with Gasteiger partial charge in [0.1, 0.15) is 5.25 Å². The number of rotatable bonds is 1. The number of carbonyl (C=O) groups is 1. The summed E-state index contributed by atoms with van der Waals surface area (Å²) in [6.07, 6.45) is 6.44. The number of hydrogen-bond acceptors (Lipinski definition) is 3. The summed E-state index contributed by atoms with van der Waals surface area (Å²) in [7, 11) is 0. The van der Waals surface area contributed by atoms with Crippen LogP contribution in [0.15, 0.2) is 23.3 Å². The summed E-state index contributed by atoms with van der Waals surface area (Å²) in [6, 6.07) is 0.237. The normalized spacial score (nSPS) is 32.2. The number of dihydropyridines is 1. The smallest absolute Gasteiger partial charge is 0.317 e. The van der Waals surface area contributed by atoms with Crippen LogP contribution < -0.4 is 5.32 Å². The fraction of sp³-hybridized carbons (Fsp3) is 0.375. The summed E-state index contributed by atoms with van der Waals surface area (Å²) in [5, 5.41) is 11.6. The molecule has 0 radical (unpaired) electrons. The molecular weight excluding hydrogens is 174 g/mol. The molecule has 2 N–H and O–H groups in total. The van der Waals surface area contributed by atoms with Crippen molar-refractivity contribution in [3.8, 4) is 0 Å². The first-order valence-electron chi connectivity index (χ1n) is 3.79. The lowest BCUT2D eigenvalue weighted by Gasteiger charge is -2.13. The van der Waals surface area contributed by atoms with Crippen molar-refractivity contribution in [2.45, 2.75) is 17.7 Å². The number of thioether (sulfide) groups is 1. The average molecular weight is 183 g/mol. The minimum Gasteiger partial charge on any atom is -0.480 e. The Morgan fingerprint density at radius 2 is 2.58 bits per heavy atom. The Balaban J connectivity index is 2.12. The summed E-state index contributed by atoms with van der Waals surface area (Å²) in [6.45, 7) is 0. The number of nitrogens with one attached hydrogen (secondary N) is 1. The zero-order valence-electron chi connectivity index (χ0n) is 6.36. The van der Waals surface area contributed by atoms with E-state index in [0.717, 1.165) is 4.91 Å². The van der Waals surface area contributed by atoms with Crippen molar-refractivity contribution in [2.75, 3.05) is 0 Å². The lowest BCUT2D eigenvalue weighted by atomic mass is 10.1. The zero-order valence-corrected chi connectivity index (χ0v) is 7.17. The van der Waals surface area contributed by atoms with E-state index >= 15 is 0 Å². The first-order valence-corrected chi connectivity index (χ1v) is 4.67. The number of aliphatic carboxylic acids is 1. The van der Waals surface area contributed by atoms with Crippen LogP contribution in [-0.4, -0.2) is 22.4 Å². The molecule has 12 heavy (non-hydrogen) atoms. The Bertz CT molecular complexity index is 272. The Kier molecular flexibility index (Phi) is 1.84. The van der Waals surface area contributed by atoms with E-state index < -0.39 is 5.97 Å². The van der Waals surface area contributed by atoms with E-state index in [0.29, 0.717) is 6.42 Å². The van der Waals surface area contributed by atoms with Crippen molar-refractivity contribution in [3.63, 3.8) is 0 Å². The van der Waals surface area contributed by atoms with Gasteiger partial charge in [-0.05, 0) is 24.8 Å². The van der Waals surface area contributed by atoms with E-state index in [9.17, 15) is 4.79 Å². The third kappa shape index (κ3) is 1.22. The fourth-order valence-electron chi connectivity index (χ4n) is 1.40. The molecule has 2 heterocycles. The summed E-state index contributed by atoms with van der Waals surface area (Å²) < 4.78 is 0. The second kappa shape index (κ2) is 2.86. The van der Waals surface area contributed by atoms with Crippen LogP contribution in [0, 0.1) is 0 Å². The van der Waals surface area contributed by atoms with Crippen LogP contribution in [0.3, 0.4) is 0 Å². The van der Waals surface area contributed by atoms with Gasteiger partial charge in [-0.25, -0.2) is 0 Å². The van der Waals surface area contributed by atoms with Crippen molar-refractivity contribution in [3.05, 3.63) is 23.3 Å². The van der Waals surface area contributed by atoms with E-state index in [-0.39, 0.29) is 11.3 Å². The van der Waals surface area contributed by atoms with Crippen LogP contribution in [0.1, 0.15) is 6.42 Å². The van der Waals surface area contributed by atoms with E-state index in [1.807, 2.05) is 18.4 Å². The number of carboxylic acid groups (broad SMARTS) is 1. The van der Waals surface area contributed by atoms with Crippen molar-refractivity contribution in [1.29, 1.82) is 0 Å². The van der Waals surface area contributed by atoms with Crippen molar-refractivity contribution >= 4 is 17.7 Å². The van der Waals surface area contributed by atoms with Gasteiger partial charge in [0.2, 0.25) is 0 Å². The zero-order chi connectivity index (χ0) is 8.55. The molecule has 0 aliphatic carbocycles. The fourth-order valence-corrected chi connectivity index (χ4v) is 2.60. The minimum atomic E-state index is -0.711. The van der Waals surface area contributed by atoms with E-state index in [2.05, 4.69) is 5.32 Å². The third-order valence-corrected chi connectivity index (χ3v) is 3.37. The Morgan fingerprint density at radius 1 is 1.75 bits per heavy atom. The van der Waals surface area contributed by atoms with Gasteiger partial charge in [0, 0.05) is 4.91 Å². The molecule has 0 amide bonds. The molecule has 1 fully saturated rings. The quantitative estimate of drug-likeness (QED) is 0.635. The van der Waals surface area contributed by atoms with Crippen molar-refractivity contribution in [1.82, 2.24) is 5.32 Å². The number of carboxylic acids is 1. The van der Waals surface area contributed by atoms with Gasteiger partial charge >= 0.3 is 5.97 Å². The molecule has 2 unspecified atom stereocenters. The van der Waals surface area contributed by atoms with Crippen molar-refractivity contribution in [2.24, 2.45) is 0 Å². The molecular formula is C8H9NO2S. The van der Waals surface area contributed by atoms with E-state index in [1.54, 1.807) is 0 Å². The molecule has 0 aromatic rings. The molecule has 2 atom stereocenters. The maximum Gasteiger partial charge on any atom is 0.317 e. The van der Waals surface area contributed by atoms with Crippen molar-refractivity contribution < 1.29 is 9.90 Å². The molecule has 2 rings (SSSR count). The average Bonchev–Trinajstić information content (AvgIpc) is 2.46. The lowest BCUT2D eigenvalue weighted by molar-refractivity contribution is -0.136. The summed E-state index contributed by atoms with van der Waals surface area (Å²) in [5.74, 6) is -0.711. The van der Waals surface area contributed by atoms with Crippen LogP contribution in [0.4, 0.5) is 0 Å². The van der Waals surface area contributed by atoms with Gasteiger partial charge in [-0.1, -0.05) is 0 Å². The third-order valence-electron chi connectivity index (χ3n) is 2.00. The molecule has 1 saturated heterocycles. The second-order valence-corrected chi connectivity index (χ2v) is 4.10. The second-order valence-electron chi connectivity index (χ2n) is 2.83. The predicted molar refractivity (Wildman–Crippen MR) is 47.8 cm³/mol. The van der Waals surface area contributed by atoms with Crippen LogP contribution >= 0.6 is 11.8 Å². The molecule has 0 bridgehead atoms. The van der Waals surface area contributed by atoms with Gasteiger partial charge in [-0.2, -0.15) is 0 Å². The standard InChI is InChI=1S/C8H9NO2S/c10-8(11)7-4-5-6(12-7)2-1-3-9-5/h1-3,5,7,9H,4H2,(H,10,11). The van der Waals surface area contributed by atoms with Gasteiger partial charge < -0.3 is 10.4 Å². The number of allylic oxidation sites excluding steroid dienone is 2. The molecule has 2 aliphatic rings. The van der Waals surface area contributed by atoms with Crippen LogP contribution in [0.2, 0.25) is 0 Å². The summed E-state index contributed by atoms with van der Waals surface area (Å²) in [5.41, 5.74) is 0. The van der Waals surface area contributed by atoms with Gasteiger partial charge in [-0.15, -0.1) is 11.8 Å². The lowest BCUT2D eigenvalue weighted by Crippen LogP contribution is -2.26. The molecule has 4 heteroatoms. The van der Waals surface area contributed by atoms with Crippen LogP contribution in [0.5, 0.6) is 0 Å². The Labute approximate surface area is 74.5 Å². The Hall–Kier alpha value is -0.900. The SMILES string of the molecule is O=C(O)C1CC2NC=CC=C2S1. The summed E-state index contributed by atoms with van der Waals surface area (Å²) in [4.78, 5) is 11.8. The highest BCUT2D eigenvalue weighted by molar-refractivity contribution is 8.04. The minimum absolute atomic E-state index is 0.237. The predicted octanol–water partition coefficient (Wildman–Crippen LogP) is 0.946. The molecule has 0 spiro atoms. The first kappa shape index (κ1) is 7.73. The van der Waals surface area contributed by atoms with E-state index in [1.165, 1.54) is 11.8 Å². The highest BCUT2D eigenvalue weighted by atomic mass is 32.2. The highest BCUT2D eigenvalue weighted by Gasteiger charge is 2.34. The maximum absolute atomic E-state index is 10.6. The molecule has 3 nitrogen and oxygen atoms in total. The van der Waals surface area contributed by atoms with Crippen LogP contribution in [0.25, 0.3) is 0 Å². The first-order chi connectivity index (χ1) is 5.77. The highest BCUT2D eigenvalue weighted by Crippen LogP contribution is 2.38. The topological polar surface area (TPSA) is 49.3 Å². The van der Waals surface area contributed by atoms with Gasteiger partial charge in [0.25, 0.3) is 0 Å². The molecule has 0 aromatic heterocycles. The molecule has 64 valence electrons. The number of fused-ring (bicyclic) bond motifs is 1. The van der Waals surface area contributed by atoms with Crippen LogP contribution in [-0.2, 0) is 4.79 Å². The van der Waals surface area contributed by atoms with E-state index in [4.69, 9.17) is 5.11 Å². The van der Waals surface area contributed by atoms with Gasteiger partial charge in [0.05, 0.1) is 6.04 Å². The number of hydrogen-bond donors (Lipinski definition) is 2. The summed E-state index contributed by atoms with van der Waals surface area (Å²) >= 11 is 1.45. The molecule has 2 aliphatic heterocycles.